The standard InChI is InChI=1S/C16H15ClF3N3O5S3/c1-7(22-13(24)9-5-8(17)3-4-10(9)27-2)12-6-11(28-16(18,19)20)14(30-12)31(25,26)23-15(21)29/h3-7H,1-2H3,(H,22,24)(H3,21,23,29). The first-order valence-electron chi connectivity index (χ1n) is 8.09. The minimum absolute atomic E-state index is 0.0527. The van der Waals surface area contributed by atoms with Crippen LogP contribution in [0.25, 0.3) is 0 Å². The van der Waals surface area contributed by atoms with Gasteiger partial charge in [-0.05, 0) is 43.4 Å². The van der Waals surface area contributed by atoms with Gasteiger partial charge in [0.1, 0.15) is 5.75 Å². The van der Waals surface area contributed by atoms with Gasteiger partial charge in [-0.25, -0.2) is 8.42 Å². The molecule has 8 nitrogen and oxygen atoms in total. The number of alkyl halides is 3. The molecule has 1 aromatic carbocycles. The summed E-state index contributed by atoms with van der Waals surface area (Å²) in [6.45, 7) is 1.44. The predicted molar refractivity (Wildman–Crippen MR) is 112 cm³/mol. The van der Waals surface area contributed by atoms with Crippen LogP contribution in [0.15, 0.2) is 28.5 Å². The van der Waals surface area contributed by atoms with Gasteiger partial charge >= 0.3 is 6.36 Å². The third kappa shape index (κ3) is 6.59. The number of thiophene rings is 1. The molecule has 2 rings (SSSR count). The number of ether oxygens (including phenoxy) is 2. The zero-order valence-corrected chi connectivity index (χ0v) is 18.9. The van der Waals surface area contributed by atoms with Crippen LogP contribution in [0.2, 0.25) is 5.02 Å². The average molecular weight is 518 g/mol. The number of benzene rings is 1. The summed E-state index contributed by atoms with van der Waals surface area (Å²) in [4.78, 5) is 12.7. The molecule has 4 N–H and O–H groups in total. The summed E-state index contributed by atoms with van der Waals surface area (Å²) in [7, 11) is -3.20. The number of thiocarbonyl (C=S) groups is 1. The highest BCUT2D eigenvalue weighted by Gasteiger charge is 2.36. The summed E-state index contributed by atoms with van der Waals surface area (Å²) in [5.74, 6) is -1.42. The Balaban J connectivity index is 2.39. The molecule has 170 valence electrons. The Morgan fingerprint density at radius 3 is 2.48 bits per heavy atom. The minimum Gasteiger partial charge on any atom is -0.496 e. The topological polar surface area (TPSA) is 120 Å². The quantitative estimate of drug-likeness (QED) is 0.482. The lowest BCUT2D eigenvalue weighted by Gasteiger charge is -2.14. The fourth-order valence-electron chi connectivity index (χ4n) is 2.35. The molecule has 1 heterocycles. The number of carbonyl (C=O) groups is 1. The molecule has 1 amide bonds. The van der Waals surface area contributed by atoms with Crippen LogP contribution in [-0.4, -0.2) is 32.9 Å². The van der Waals surface area contributed by atoms with E-state index in [2.05, 4.69) is 22.3 Å². The van der Waals surface area contributed by atoms with E-state index in [9.17, 15) is 26.4 Å². The van der Waals surface area contributed by atoms with Crippen molar-refractivity contribution in [3.8, 4) is 11.5 Å². The molecule has 2 aromatic rings. The number of halogens is 4. The molecule has 0 saturated heterocycles. The van der Waals surface area contributed by atoms with Crippen molar-refractivity contribution >= 4 is 56.2 Å². The second-order valence-corrected chi connectivity index (χ2v) is 9.70. The van der Waals surface area contributed by atoms with Crippen molar-refractivity contribution in [2.24, 2.45) is 5.73 Å². The number of rotatable bonds is 7. The number of hydrogen-bond donors (Lipinski definition) is 3. The Morgan fingerprint density at radius 1 is 1.29 bits per heavy atom. The van der Waals surface area contributed by atoms with E-state index in [1.54, 1.807) is 4.72 Å². The Morgan fingerprint density at radius 2 is 1.94 bits per heavy atom. The van der Waals surface area contributed by atoms with Crippen LogP contribution in [0.1, 0.15) is 28.2 Å². The van der Waals surface area contributed by atoms with E-state index in [4.69, 9.17) is 22.1 Å². The monoisotopic (exact) mass is 517 g/mol. The number of carbonyl (C=O) groups excluding carboxylic acids is 1. The van der Waals surface area contributed by atoms with Crippen molar-refractivity contribution in [3.05, 3.63) is 39.7 Å². The molecule has 1 unspecified atom stereocenters. The second-order valence-electron chi connectivity index (χ2n) is 5.86. The third-order valence-corrected chi connectivity index (χ3v) is 7.22. The molecule has 0 saturated carbocycles. The maximum Gasteiger partial charge on any atom is 0.573 e. The molecule has 15 heteroatoms. The van der Waals surface area contributed by atoms with Crippen molar-refractivity contribution in [2.45, 2.75) is 23.5 Å². The zero-order chi connectivity index (χ0) is 23.6. The number of sulfonamides is 1. The van der Waals surface area contributed by atoms with Gasteiger partial charge in [0.25, 0.3) is 15.9 Å². The van der Waals surface area contributed by atoms with Crippen LogP contribution in [0.4, 0.5) is 13.2 Å². The molecule has 0 aliphatic heterocycles. The fourth-order valence-corrected chi connectivity index (χ4v) is 5.25. The van der Waals surface area contributed by atoms with Crippen LogP contribution >= 0.6 is 35.2 Å². The minimum atomic E-state index is -5.16. The predicted octanol–water partition coefficient (Wildman–Crippen LogP) is 3.32. The third-order valence-electron chi connectivity index (χ3n) is 3.57. The van der Waals surface area contributed by atoms with Crippen molar-refractivity contribution < 1.29 is 35.9 Å². The molecule has 0 aliphatic rings. The van der Waals surface area contributed by atoms with E-state index in [1.165, 1.54) is 32.2 Å². The fraction of sp³-hybridized carbons (Fsp3) is 0.250. The molecule has 0 aliphatic carbocycles. The largest absolute Gasteiger partial charge is 0.573 e. The van der Waals surface area contributed by atoms with Gasteiger partial charge in [0.2, 0.25) is 0 Å². The van der Waals surface area contributed by atoms with Crippen LogP contribution in [0.5, 0.6) is 11.5 Å². The zero-order valence-electron chi connectivity index (χ0n) is 15.7. The van der Waals surface area contributed by atoms with E-state index in [0.29, 0.717) is 11.3 Å². The molecule has 0 radical (unpaired) electrons. The molecule has 31 heavy (non-hydrogen) atoms. The summed E-state index contributed by atoms with van der Waals surface area (Å²) in [5, 5.41) is 2.13. The Hall–Kier alpha value is -2.29. The molecule has 1 aromatic heterocycles. The van der Waals surface area contributed by atoms with Gasteiger partial charge in [0.15, 0.2) is 15.1 Å². The molecular weight excluding hydrogens is 503 g/mol. The highest BCUT2D eigenvalue weighted by atomic mass is 35.5. The average Bonchev–Trinajstić information content (AvgIpc) is 3.03. The summed E-state index contributed by atoms with van der Waals surface area (Å²) in [5.41, 5.74) is 5.21. The summed E-state index contributed by atoms with van der Waals surface area (Å²) in [6, 6.07) is 4.26. The van der Waals surface area contributed by atoms with E-state index in [-0.39, 0.29) is 21.2 Å². The summed E-state index contributed by atoms with van der Waals surface area (Å²) < 4.78 is 72.7. The first-order valence-corrected chi connectivity index (χ1v) is 11.2. The van der Waals surface area contributed by atoms with Gasteiger partial charge < -0.3 is 20.5 Å². The van der Waals surface area contributed by atoms with Crippen LogP contribution in [0.3, 0.4) is 0 Å². The number of methoxy groups -OCH3 is 1. The summed E-state index contributed by atoms with van der Waals surface area (Å²) >= 11 is 10.8. The number of hydrogen-bond acceptors (Lipinski definition) is 7. The number of nitrogens with two attached hydrogens (primary N) is 1. The molecule has 0 fully saturated rings. The molecule has 1 atom stereocenters. The van der Waals surface area contributed by atoms with E-state index in [1.807, 2.05) is 0 Å². The summed E-state index contributed by atoms with van der Waals surface area (Å²) in [6.07, 6.45) is -5.16. The Labute approximate surface area is 189 Å². The van der Waals surface area contributed by atoms with Gasteiger partial charge in [-0.3, -0.25) is 9.52 Å². The lowest BCUT2D eigenvalue weighted by atomic mass is 10.1. The highest BCUT2D eigenvalue weighted by Crippen LogP contribution is 2.39. The van der Waals surface area contributed by atoms with E-state index < -0.39 is 43.4 Å². The van der Waals surface area contributed by atoms with Gasteiger partial charge in [0, 0.05) is 9.90 Å². The number of amides is 1. The molecule has 0 bridgehead atoms. The first-order chi connectivity index (χ1) is 14.2. The SMILES string of the molecule is COc1ccc(Cl)cc1C(=O)NC(C)c1cc(OC(F)(F)F)c(S(=O)(=O)NC(N)=S)s1. The number of nitrogens with one attached hydrogen (secondary N) is 2. The Bertz CT molecular complexity index is 1110. The van der Waals surface area contributed by atoms with E-state index >= 15 is 0 Å². The molecular formula is C16H15ClF3N3O5S3. The van der Waals surface area contributed by atoms with Crippen molar-refractivity contribution in [2.75, 3.05) is 7.11 Å². The van der Waals surface area contributed by atoms with Crippen LogP contribution in [0, 0.1) is 0 Å². The normalized spacial score (nSPS) is 12.7. The Kier molecular flexibility index (Phi) is 7.62. The smallest absolute Gasteiger partial charge is 0.496 e. The first kappa shape index (κ1) is 25.0. The lowest BCUT2D eigenvalue weighted by molar-refractivity contribution is -0.275. The van der Waals surface area contributed by atoms with Gasteiger partial charge in [-0.1, -0.05) is 11.6 Å². The van der Waals surface area contributed by atoms with Crippen LogP contribution < -0.4 is 25.2 Å². The van der Waals surface area contributed by atoms with Gasteiger partial charge in [0.05, 0.1) is 18.7 Å². The maximum atomic E-state index is 12.8. The maximum absolute atomic E-state index is 12.8. The van der Waals surface area contributed by atoms with Crippen molar-refractivity contribution in [1.82, 2.24) is 10.0 Å². The van der Waals surface area contributed by atoms with Gasteiger partial charge in [-0.15, -0.1) is 24.5 Å². The van der Waals surface area contributed by atoms with Crippen molar-refractivity contribution in [3.63, 3.8) is 0 Å². The highest BCUT2D eigenvalue weighted by molar-refractivity contribution is 7.93. The van der Waals surface area contributed by atoms with Crippen LogP contribution in [-0.2, 0) is 10.0 Å². The molecule has 0 spiro atoms. The van der Waals surface area contributed by atoms with Crippen molar-refractivity contribution in [1.29, 1.82) is 0 Å². The second kappa shape index (κ2) is 9.46. The lowest BCUT2D eigenvalue weighted by Crippen LogP contribution is -2.34. The van der Waals surface area contributed by atoms with Gasteiger partial charge in [-0.2, -0.15) is 0 Å². The van der Waals surface area contributed by atoms with E-state index in [0.717, 1.165) is 6.07 Å².